The van der Waals surface area contributed by atoms with Crippen LogP contribution in [0.1, 0.15) is 0 Å². The van der Waals surface area contributed by atoms with Gasteiger partial charge in [-0.05, 0) is 0 Å². The zero-order valence-corrected chi connectivity index (χ0v) is 7.85. The SMILES string of the molecule is NC(=O)Oc1cc(OC(F)(F)F)c(F)cc1F. The molecular formula is C8H4F5NO3. The predicted octanol–water partition coefficient (Wildman–Crippen LogP) is 2.32. The second-order valence-electron chi connectivity index (χ2n) is 2.68. The Morgan fingerprint density at radius 1 is 1.12 bits per heavy atom. The first-order valence-electron chi connectivity index (χ1n) is 3.91. The average molecular weight is 257 g/mol. The summed E-state index contributed by atoms with van der Waals surface area (Å²) in [5, 5.41) is 0. The van der Waals surface area contributed by atoms with Crippen LogP contribution in [0.15, 0.2) is 12.1 Å². The Morgan fingerprint density at radius 3 is 2.12 bits per heavy atom. The van der Waals surface area contributed by atoms with Gasteiger partial charge >= 0.3 is 12.5 Å². The van der Waals surface area contributed by atoms with Crippen molar-refractivity contribution in [2.45, 2.75) is 6.36 Å². The Balaban J connectivity index is 3.10. The van der Waals surface area contributed by atoms with Crippen molar-refractivity contribution in [2.75, 3.05) is 0 Å². The van der Waals surface area contributed by atoms with Crippen LogP contribution in [0.5, 0.6) is 11.5 Å². The lowest BCUT2D eigenvalue weighted by atomic mass is 10.3. The van der Waals surface area contributed by atoms with E-state index in [4.69, 9.17) is 0 Å². The summed E-state index contributed by atoms with van der Waals surface area (Å²) in [5.41, 5.74) is 4.52. The van der Waals surface area contributed by atoms with Gasteiger partial charge in [0.15, 0.2) is 23.1 Å². The molecule has 0 heterocycles. The summed E-state index contributed by atoms with van der Waals surface area (Å²) in [4.78, 5) is 10.3. The third-order valence-corrected chi connectivity index (χ3v) is 1.42. The largest absolute Gasteiger partial charge is 0.573 e. The van der Waals surface area contributed by atoms with Gasteiger partial charge < -0.3 is 15.2 Å². The molecule has 17 heavy (non-hydrogen) atoms. The number of amides is 1. The number of ether oxygens (including phenoxy) is 2. The summed E-state index contributed by atoms with van der Waals surface area (Å²) in [6, 6.07) is 0.294. The summed E-state index contributed by atoms with van der Waals surface area (Å²) in [5.74, 6) is -5.30. The molecule has 0 bridgehead atoms. The Hall–Kier alpha value is -2.06. The lowest BCUT2D eigenvalue weighted by Crippen LogP contribution is -2.19. The fraction of sp³-hybridized carbons (Fsp3) is 0.125. The molecule has 1 rings (SSSR count). The van der Waals surface area contributed by atoms with E-state index < -0.39 is 35.6 Å². The molecule has 0 aromatic heterocycles. The molecule has 0 atom stereocenters. The quantitative estimate of drug-likeness (QED) is 0.827. The lowest BCUT2D eigenvalue weighted by molar-refractivity contribution is -0.275. The van der Waals surface area contributed by atoms with Gasteiger partial charge in [0.1, 0.15) is 0 Å². The molecular weight excluding hydrogens is 253 g/mol. The van der Waals surface area contributed by atoms with E-state index in [0.29, 0.717) is 0 Å². The minimum absolute atomic E-state index is 0.0688. The van der Waals surface area contributed by atoms with Crippen LogP contribution in [-0.4, -0.2) is 12.5 Å². The number of nitrogens with two attached hydrogens (primary N) is 1. The average Bonchev–Trinajstić information content (AvgIpc) is 2.10. The van der Waals surface area contributed by atoms with E-state index in [1.54, 1.807) is 0 Å². The molecule has 0 saturated heterocycles. The first kappa shape index (κ1) is 13.0. The van der Waals surface area contributed by atoms with Crippen molar-refractivity contribution in [3.05, 3.63) is 23.8 Å². The maximum absolute atomic E-state index is 12.9. The predicted molar refractivity (Wildman–Crippen MR) is 43.3 cm³/mol. The van der Waals surface area contributed by atoms with Gasteiger partial charge in [-0.25, -0.2) is 13.6 Å². The molecule has 0 aliphatic heterocycles. The third-order valence-electron chi connectivity index (χ3n) is 1.42. The van der Waals surface area contributed by atoms with E-state index in [9.17, 15) is 26.7 Å². The highest BCUT2D eigenvalue weighted by atomic mass is 19.4. The lowest BCUT2D eigenvalue weighted by Gasteiger charge is -2.11. The molecule has 0 aliphatic rings. The van der Waals surface area contributed by atoms with E-state index >= 15 is 0 Å². The zero-order chi connectivity index (χ0) is 13.2. The molecule has 1 amide bonds. The number of halogens is 5. The first-order chi connectivity index (χ1) is 7.69. The van der Waals surface area contributed by atoms with E-state index in [2.05, 4.69) is 15.2 Å². The number of carbonyl (C=O) groups excluding carboxylic acids is 1. The fourth-order valence-corrected chi connectivity index (χ4v) is 0.900. The molecule has 0 unspecified atom stereocenters. The van der Waals surface area contributed by atoms with Crippen molar-refractivity contribution in [3.8, 4) is 11.5 Å². The van der Waals surface area contributed by atoms with Gasteiger partial charge in [0.2, 0.25) is 0 Å². The van der Waals surface area contributed by atoms with Crippen LogP contribution in [0, 0.1) is 11.6 Å². The van der Waals surface area contributed by atoms with E-state index in [1.807, 2.05) is 0 Å². The van der Waals surface area contributed by atoms with Crippen molar-refractivity contribution >= 4 is 6.09 Å². The number of alkyl halides is 3. The number of hydrogen-bond acceptors (Lipinski definition) is 3. The molecule has 1 aromatic rings. The van der Waals surface area contributed by atoms with Gasteiger partial charge in [-0.2, -0.15) is 0 Å². The number of primary amides is 1. The molecule has 1 aromatic carbocycles. The minimum Gasteiger partial charge on any atom is -0.407 e. The summed E-state index contributed by atoms with van der Waals surface area (Å²) >= 11 is 0. The van der Waals surface area contributed by atoms with Crippen molar-refractivity contribution in [1.29, 1.82) is 0 Å². The van der Waals surface area contributed by atoms with Crippen LogP contribution >= 0.6 is 0 Å². The van der Waals surface area contributed by atoms with Crippen LogP contribution < -0.4 is 15.2 Å². The molecule has 0 aliphatic carbocycles. The van der Waals surface area contributed by atoms with Crippen molar-refractivity contribution in [1.82, 2.24) is 0 Å². The zero-order valence-electron chi connectivity index (χ0n) is 7.85. The Labute approximate surface area is 90.7 Å². The standard InChI is InChI=1S/C8H4F5NO3/c9-3-1-4(10)6(17-8(11,12)13)2-5(3)16-7(14)15/h1-2H,(H2,14,15). The van der Waals surface area contributed by atoms with Gasteiger partial charge in [-0.15, -0.1) is 13.2 Å². The second-order valence-corrected chi connectivity index (χ2v) is 2.68. The van der Waals surface area contributed by atoms with Crippen LogP contribution in [0.3, 0.4) is 0 Å². The van der Waals surface area contributed by atoms with Gasteiger partial charge in [0.05, 0.1) is 0 Å². The molecule has 9 heteroatoms. The Kier molecular flexibility index (Phi) is 3.39. The summed E-state index contributed by atoms with van der Waals surface area (Å²) in [6.45, 7) is 0. The van der Waals surface area contributed by atoms with Crippen molar-refractivity contribution in [3.63, 3.8) is 0 Å². The molecule has 0 spiro atoms. The molecule has 94 valence electrons. The molecule has 4 nitrogen and oxygen atoms in total. The monoisotopic (exact) mass is 257 g/mol. The van der Waals surface area contributed by atoms with Crippen molar-refractivity contribution in [2.24, 2.45) is 5.73 Å². The van der Waals surface area contributed by atoms with Crippen LogP contribution in [-0.2, 0) is 0 Å². The third kappa shape index (κ3) is 3.78. The Morgan fingerprint density at radius 2 is 1.65 bits per heavy atom. The molecule has 0 saturated carbocycles. The van der Waals surface area contributed by atoms with Crippen LogP contribution in [0.4, 0.5) is 26.7 Å². The number of rotatable bonds is 2. The molecule has 0 fully saturated rings. The van der Waals surface area contributed by atoms with Crippen molar-refractivity contribution < 1.29 is 36.2 Å². The van der Waals surface area contributed by atoms with Crippen LogP contribution in [0.2, 0.25) is 0 Å². The maximum Gasteiger partial charge on any atom is 0.573 e. The summed E-state index contributed by atoms with van der Waals surface area (Å²) < 4.78 is 68.4. The minimum atomic E-state index is -5.16. The van der Waals surface area contributed by atoms with E-state index in [1.165, 1.54) is 0 Å². The normalized spacial score (nSPS) is 11.1. The molecule has 2 N–H and O–H groups in total. The first-order valence-corrected chi connectivity index (χ1v) is 3.91. The Bertz CT molecular complexity index is 446. The highest BCUT2D eigenvalue weighted by Gasteiger charge is 2.33. The van der Waals surface area contributed by atoms with Crippen LogP contribution in [0.25, 0.3) is 0 Å². The molecule has 0 radical (unpaired) electrons. The number of hydrogen-bond donors (Lipinski definition) is 1. The topological polar surface area (TPSA) is 61.6 Å². The van der Waals surface area contributed by atoms with Gasteiger partial charge in [0, 0.05) is 12.1 Å². The second kappa shape index (κ2) is 4.44. The van der Waals surface area contributed by atoms with Gasteiger partial charge in [0.25, 0.3) is 0 Å². The maximum atomic E-state index is 12.9. The van der Waals surface area contributed by atoms with E-state index in [0.717, 1.165) is 0 Å². The highest BCUT2D eigenvalue weighted by Crippen LogP contribution is 2.31. The van der Waals surface area contributed by atoms with Gasteiger partial charge in [-0.3, -0.25) is 0 Å². The smallest absolute Gasteiger partial charge is 0.407 e. The van der Waals surface area contributed by atoms with Gasteiger partial charge in [-0.1, -0.05) is 0 Å². The van der Waals surface area contributed by atoms with E-state index in [-0.39, 0.29) is 12.1 Å². The fourth-order valence-electron chi connectivity index (χ4n) is 0.900. The number of carbonyl (C=O) groups is 1. The number of benzene rings is 1. The summed E-state index contributed by atoms with van der Waals surface area (Å²) in [7, 11) is 0. The summed E-state index contributed by atoms with van der Waals surface area (Å²) in [6.07, 6.45) is -6.63. The highest BCUT2D eigenvalue weighted by molar-refractivity contribution is 5.68.